The van der Waals surface area contributed by atoms with E-state index in [0.717, 1.165) is 18.2 Å². The minimum absolute atomic E-state index is 0.0127. The van der Waals surface area contributed by atoms with Gasteiger partial charge in [-0.05, 0) is 37.1 Å². The molecule has 2 aromatic rings. The largest absolute Gasteiger partial charge is 0.416 e. The Morgan fingerprint density at radius 1 is 1.29 bits per heavy atom. The lowest BCUT2D eigenvalue weighted by molar-refractivity contribution is -0.138. The highest BCUT2D eigenvalue weighted by Crippen LogP contribution is 2.35. The Balaban J connectivity index is 1.80. The van der Waals surface area contributed by atoms with Gasteiger partial charge in [0.15, 0.2) is 5.82 Å². The Kier molecular flexibility index (Phi) is 5.90. The van der Waals surface area contributed by atoms with Crippen LogP contribution >= 0.6 is 23.2 Å². The van der Waals surface area contributed by atoms with E-state index in [9.17, 15) is 27.6 Å². The van der Waals surface area contributed by atoms with Crippen molar-refractivity contribution in [3.05, 3.63) is 57.2 Å². The van der Waals surface area contributed by atoms with E-state index >= 15 is 0 Å². The summed E-state index contributed by atoms with van der Waals surface area (Å²) in [7, 11) is 0. The minimum atomic E-state index is -4.62. The number of carbonyl (C=O) groups excluding carboxylic acids is 3. The molecular weight excluding hydrogens is 460 g/mol. The molecule has 0 radical (unpaired) electrons. The van der Waals surface area contributed by atoms with Gasteiger partial charge in [0.2, 0.25) is 5.91 Å². The molecular formula is C19H15Cl2F3N4O3. The monoisotopic (exact) mass is 474 g/mol. The second-order valence-corrected chi connectivity index (χ2v) is 7.75. The highest BCUT2D eigenvalue weighted by Gasteiger charge is 2.50. The molecule has 0 bridgehead atoms. The SMILES string of the molecule is Cc1c(Cl)cnc(NC(=O)CN2C(=O)NC(C)(c3cccc(C(F)(F)F)c3)C2=O)c1Cl. The van der Waals surface area contributed by atoms with Crippen LogP contribution in [0.25, 0.3) is 0 Å². The first-order valence-electron chi connectivity index (χ1n) is 8.77. The molecule has 1 fully saturated rings. The number of amides is 4. The first kappa shape index (κ1) is 22.8. The molecule has 2 heterocycles. The minimum Gasteiger partial charge on any atom is -0.319 e. The van der Waals surface area contributed by atoms with Crippen molar-refractivity contribution in [2.75, 3.05) is 11.9 Å². The zero-order valence-corrected chi connectivity index (χ0v) is 17.6. The fourth-order valence-corrected chi connectivity index (χ4v) is 3.39. The third kappa shape index (κ3) is 4.31. The zero-order chi connectivity index (χ0) is 23.1. The number of hydrogen-bond acceptors (Lipinski definition) is 4. The third-order valence-electron chi connectivity index (χ3n) is 4.80. The summed E-state index contributed by atoms with van der Waals surface area (Å²) in [6, 6.07) is 3.13. The summed E-state index contributed by atoms with van der Waals surface area (Å²) in [5.74, 6) is -1.67. The maximum atomic E-state index is 13.0. The van der Waals surface area contributed by atoms with Gasteiger partial charge in [-0.3, -0.25) is 14.5 Å². The first-order valence-corrected chi connectivity index (χ1v) is 9.52. The van der Waals surface area contributed by atoms with Gasteiger partial charge in [-0.1, -0.05) is 35.3 Å². The Bertz CT molecular complexity index is 1090. The number of halogens is 5. The van der Waals surface area contributed by atoms with Crippen molar-refractivity contribution in [2.24, 2.45) is 0 Å². The van der Waals surface area contributed by atoms with Gasteiger partial charge in [0.25, 0.3) is 5.91 Å². The number of aromatic nitrogens is 1. The smallest absolute Gasteiger partial charge is 0.319 e. The number of imide groups is 1. The number of urea groups is 1. The van der Waals surface area contributed by atoms with Crippen LogP contribution in [-0.4, -0.2) is 34.3 Å². The maximum Gasteiger partial charge on any atom is 0.416 e. The van der Waals surface area contributed by atoms with Crippen LogP contribution in [0.3, 0.4) is 0 Å². The fraction of sp³-hybridized carbons (Fsp3) is 0.263. The van der Waals surface area contributed by atoms with Gasteiger partial charge in [-0.15, -0.1) is 0 Å². The van der Waals surface area contributed by atoms with Gasteiger partial charge < -0.3 is 10.6 Å². The van der Waals surface area contributed by atoms with Crippen LogP contribution in [0.5, 0.6) is 0 Å². The van der Waals surface area contributed by atoms with Crippen molar-refractivity contribution in [1.29, 1.82) is 0 Å². The van der Waals surface area contributed by atoms with Crippen molar-refractivity contribution >= 4 is 46.9 Å². The first-order chi connectivity index (χ1) is 14.3. The summed E-state index contributed by atoms with van der Waals surface area (Å²) in [6.07, 6.45) is -3.35. The van der Waals surface area contributed by atoms with Crippen LogP contribution in [0.4, 0.5) is 23.8 Å². The number of anilines is 1. The van der Waals surface area contributed by atoms with Gasteiger partial charge >= 0.3 is 12.2 Å². The van der Waals surface area contributed by atoms with E-state index in [4.69, 9.17) is 23.2 Å². The number of carbonyl (C=O) groups is 3. The van der Waals surface area contributed by atoms with Gasteiger partial charge in [0.1, 0.15) is 12.1 Å². The molecule has 164 valence electrons. The molecule has 4 amide bonds. The molecule has 1 saturated heterocycles. The zero-order valence-electron chi connectivity index (χ0n) is 16.1. The standard InChI is InChI=1S/C19H15Cl2F3N4O3/c1-9-12(20)7-25-15(14(9)21)26-13(29)8-28-16(30)18(2,27-17(28)31)10-4-3-5-11(6-10)19(22,23)24/h3-7H,8H2,1-2H3,(H,27,31)(H,25,26,29). The van der Waals surface area contributed by atoms with E-state index in [-0.39, 0.29) is 21.4 Å². The van der Waals surface area contributed by atoms with Crippen LogP contribution in [0.2, 0.25) is 10.0 Å². The lowest BCUT2D eigenvalue weighted by Gasteiger charge is -2.23. The molecule has 1 aromatic heterocycles. The van der Waals surface area contributed by atoms with Crippen LogP contribution < -0.4 is 10.6 Å². The molecule has 1 aromatic carbocycles. The molecule has 7 nitrogen and oxygen atoms in total. The molecule has 1 atom stereocenters. The fourth-order valence-electron chi connectivity index (χ4n) is 3.00. The lowest BCUT2D eigenvalue weighted by atomic mass is 9.90. The highest BCUT2D eigenvalue weighted by atomic mass is 35.5. The van der Waals surface area contributed by atoms with Crippen LogP contribution in [0.1, 0.15) is 23.6 Å². The molecule has 3 rings (SSSR count). The van der Waals surface area contributed by atoms with E-state index < -0.39 is 41.7 Å². The molecule has 2 N–H and O–H groups in total. The average Bonchev–Trinajstić information content (AvgIpc) is 2.92. The molecule has 1 aliphatic rings. The van der Waals surface area contributed by atoms with Crippen molar-refractivity contribution in [1.82, 2.24) is 15.2 Å². The van der Waals surface area contributed by atoms with Gasteiger partial charge in [-0.2, -0.15) is 13.2 Å². The second kappa shape index (κ2) is 8.01. The van der Waals surface area contributed by atoms with Crippen LogP contribution in [0, 0.1) is 6.92 Å². The summed E-state index contributed by atoms with van der Waals surface area (Å²) >= 11 is 12.0. The molecule has 0 aliphatic carbocycles. The topological polar surface area (TPSA) is 91.4 Å². The van der Waals surface area contributed by atoms with Crippen molar-refractivity contribution in [3.8, 4) is 0 Å². The molecule has 1 unspecified atom stereocenters. The van der Waals surface area contributed by atoms with Gasteiger partial charge in [-0.25, -0.2) is 9.78 Å². The van der Waals surface area contributed by atoms with E-state index in [2.05, 4.69) is 15.6 Å². The predicted octanol–water partition coefficient (Wildman–Crippen LogP) is 4.12. The molecule has 0 saturated carbocycles. The highest BCUT2D eigenvalue weighted by molar-refractivity contribution is 6.37. The van der Waals surface area contributed by atoms with Crippen molar-refractivity contribution in [2.45, 2.75) is 25.6 Å². The summed E-state index contributed by atoms with van der Waals surface area (Å²) in [6.45, 7) is 2.18. The lowest BCUT2D eigenvalue weighted by Crippen LogP contribution is -2.42. The summed E-state index contributed by atoms with van der Waals surface area (Å²) in [5.41, 5.74) is -2.34. The Morgan fingerprint density at radius 3 is 2.61 bits per heavy atom. The second-order valence-electron chi connectivity index (χ2n) is 6.97. The number of rotatable bonds is 4. The van der Waals surface area contributed by atoms with E-state index in [1.54, 1.807) is 6.92 Å². The number of nitrogens with zero attached hydrogens (tertiary/aromatic N) is 2. The molecule has 1 aliphatic heterocycles. The Morgan fingerprint density at radius 2 is 1.97 bits per heavy atom. The molecule has 31 heavy (non-hydrogen) atoms. The van der Waals surface area contributed by atoms with E-state index in [1.807, 2.05) is 0 Å². The number of hydrogen-bond donors (Lipinski definition) is 2. The third-order valence-corrected chi connectivity index (χ3v) is 5.65. The summed E-state index contributed by atoms with van der Waals surface area (Å²) < 4.78 is 39.1. The summed E-state index contributed by atoms with van der Waals surface area (Å²) in [4.78, 5) is 42.1. The number of benzene rings is 1. The van der Waals surface area contributed by atoms with E-state index in [0.29, 0.717) is 10.5 Å². The van der Waals surface area contributed by atoms with Crippen molar-refractivity contribution < 1.29 is 27.6 Å². The van der Waals surface area contributed by atoms with E-state index in [1.165, 1.54) is 19.2 Å². The van der Waals surface area contributed by atoms with Gasteiger partial charge in [0.05, 0.1) is 15.6 Å². The number of nitrogens with one attached hydrogen (secondary N) is 2. The van der Waals surface area contributed by atoms with Crippen LogP contribution in [-0.2, 0) is 21.3 Å². The number of alkyl halides is 3. The molecule has 0 spiro atoms. The molecule has 12 heteroatoms. The maximum absolute atomic E-state index is 13.0. The predicted molar refractivity (Wildman–Crippen MR) is 107 cm³/mol. The normalized spacial score (nSPS) is 18.9. The average molecular weight is 475 g/mol. The van der Waals surface area contributed by atoms with Crippen LogP contribution in [0.15, 0.2) is 30.5 Å². The summed E-state index contributed by atoms with van der Waals surface area (Å²) in [5, 5.41) is 5.11. The Hall–Kier alpha value is -2.85. The Labute approximate surface area is 184 Å². The quantitative estimate of drug-likeness (QED) is 0.651. The van der Waals surface area contributed by atoms with Crippen molar-refractivity contribution in [3.63, 3.8) is 0 Å². The van der Waals surface area contributed by atoms with Gasteiger partial charge in [0, 0.05) is 6.20 Å². The number of pyridine rings is 1.